The van der Waals surface area contributed by atoms with E-state index in [1.54, 1.807) is 19.1 Å². The number of nitrogens with two attached hydrogens (primary N) is 1. The number of hydrogen-bond acceptors (Lipinski definition) is 4. The number of ether oxygens (including phenoxy) is 1. The van der Waals surface area contributed by atoms with Gasteiger partial charge in [0, 0.05) is 29.5 Å². The van der Waals surface area contributed by atoms with Crippen LogP contribution in [0.5, 0.6) is 5.75 Å². The van der Waals surface area contributed by atoms with E-state index >= 15 is 0 Å². The minimum absolute atomic E-state index is 0.0460. The van der Waals surface area contributed by atoms with Crippen molar-refractivity contribution >= 4 is 5.69 Å². The van der Waals surface area contributed by atoms with Crippen LogP contribution >= 0.6 is 0 Å². The Morgan fingerprint density at radius 2 is 2.17 bits per heavy atom. The van der Waals surface area contributed by atoms with Crippen LogP contribution in [0.2, 0.25) is 0 Å². The lowest BCUT2D eigenvalue weighted by atomic mass is 9.65. The third kappa shape index (κ3) is 2.06. The van der Waals surface area contributed by atoms with Crippen LogP contribution in [0.4, 0.5) is 5.69 Å². The summed E-state index contributed by atoms with van der Waals surface area (Å²) in [5.41, 5.74) is 6.61. The third-order valence-corrected chi connectivity index (χ3v) is 3.90. The number of benzene rings is 1. The lowest BCUT2D eigenvalue weighted by Crippen LogP contribution is -2.60. The first-order valence-corrected chi connectivity index (χ1v) is 5.99. The van der Waals surface area contributed by atoms with Gasteiger partial charge >= 0.3 is 0 Å². The van der Waals surface area contributed by atoms with Gasteiger partial charge in [0.25, 0.3) is 5.69 Å². The summed E-state index contributed by atoms with van der Waals surface area (Å²) >= 11 is 0. The quantitative estimate of drug-likeness (QED) is 0.660. The molecule has 0 radical (unpaired) electrons. The first-order chi connectivity index (χ1) is 8.32. The Labute approximate surface area is 106 Å². The highest BCUT2D eigenvalue weighted by Gasteiger charge is 2.47. The molecule has 2 unspecified atom stereocenters. The lowest BCUT2D eigenvalue weighted by molar-refractivity contribution is -0.385. The molecule has 1 aromatic rings. The zero-order valence-electron chi connectivity index (χ0n) is 10.8. The summed E-state index contributed by atoms with van der Waals surface area (Å²) in [6.45, 7) is 5.86. The van der Waals surface area contributed by atoms with Gasteiger partial charge in [-0.15, -0.1) is 0 Å². The Morgan fingerprint density at radius 1 is 1.50 bits per heavy atom. The molecule has 0 aliphatic heterocycles. The molecule has 1 aliphatic rings. The second kappa shape index (κ2) is 4.24. The van der Waals surface area contributed by atoms with E-state index in [0.717, 1.165) is 6.42 Å². The highest BCUT2D eigenvalue weighted by Crippen LogP contribution is 2.42. The first-order valence-electron chi connectivity index (χ1n) is 5.99. The van der Waals surface area contributed by atoms with Crippen molar-refractivity contribution in [2.45, 2.75) is 39.3 Å². The molecule has 2 N–H and O–H groups in total. The van der Waals surface area contributed by atoms with E-state index in [4.69, 9.17) is 10.5 Å². The van der Waals surface area contributed by atoms with Gasteiger partial charge in [0.05, 0.1) is 4.92 Å². The number of nitro groups is 1. The lowest BCUT2D eigenvalue weighted by Gasteiger charge is -2.49. The third-order valence-electron chi connectivity index (χ3n) is 3.90. The highest BCUT2D eigenvalue weighted by atomic mass is 16.6. The predicted molar refractivity (Wildman–Crippen MR) is 68.6 cm³/mol. The van der Waals surface area contributed by atoms with Crippen LogP contribution in [0.3, 0.4) is 0 Å². The average molecular weight is 250 g/mol. The van der Waals surface area contributed by atoms with Crippen molar-refractivity contribution in [3.05, 3.63) is 33.9 Å². The minimum Gasteiger partial charge on any atom is -0.490 e. The molecule has 0 aromatic heterocycles. The number of aryl methyl sites for hydroxylation is 1. The van der Waals surface area contributed by atoms with Gasteiger partial charge < -0.3 is 10.5 Å². The Balaban J connectivity index is 2.12. The van der Waals surface area contributed by atoms with Gasteiger partial charge in [-0.25, -0.2) is 0 Å². The van der Waals surface area contributed by atoms with Crippen LogP contribution in [0, 0.1) is 22.5 Å². The molecule has 5 heteroatoms. The van der Waals surface area contributed by atoms with Gasteiger partial charge in [0.1, 0.15) is 11.9 Å². The van der Waals surface area contributed by atoms with Crippen LogP contribution in [0.1, 0.15) is 25.8 Å². The molecule has 0 heterocycles. The molecule has 18 heavy (non-hydrogen) atoms. The fourth-order valence-electron chi connectivity index (χ4n) is 2.19. The van der Waals surface area contributed by atoms with Crippen LogP contribution in [-0.4, -0.2) is 17.1 Å². The van der Waals surface area contributed by atoms with Crippen LogP contribution in [-0.2, 0) is 0 Å². The maximum absolute atomic E-state index is 10.7. The number of nitrogens with zero attached hydrogens (tertiary/aromatic N) is 1. The van der Waals surface area contributed by atoms with Crippen molar-refractivity contribution in [3.8, 4) is 5.75 Å². The van der Waals surface area contributed by atoms with Crippen LogP contribution in [0.25, 0.3) is 0 Å². The molecule has 2 rings (SSSR count). The normalized spacial score (nSPS) is 25.3. The van der Waals surface area contributed by atoms with Gasteiger partial charge in [-0.2, -0.15) is 0 Å². The van der Waals surface area contributed by atoms with E-state index < -0.39 is 0 Å². The molecule has 5 nitrogen and oxygen atoms in total. The van der Waals surface area contributed by atoms with Crippen molar-refractivity contribution in [3.63, 3.8) is 0 Å². The second-order valence-electron chi connectivity index (χ2n) is 5.48. The van der Waals surface area contributed by atoms with Crippen LogP contribution in [0.15, 0.2) is 18.2 Å². The van der Waals surface area contributed by atoms with E-state index in [1.807, 2.05) is 0 Å². The molecular weight excluding hydrogens is 232 g/mol. The molecule has 0 saturated heterocycles. The minimum atomic E-state index is -0.387. The van der Waals surface area contributed by atoms with Crippen molar-refractivity contribution in [2.24, 2.45) is 11.1 Å². The summed E-state index contributed by atoms with van der Waals surface area (Å²) in [5.74, 6) is 0.670. The van der Waals surface area contributed by atoms with Crippen molar-refractivity contribution in [2.75, 3.05) is 0 Å². The Kier molecular flexibility index (Phi) is 3.02. The van der Waals surface area contributed by atoms with Crippen molar-refractivity contribution in [1.29, 1.82) is 0 Å². The topological polar surface area (TPSA) is 78.4 Å². The fourth-order valence-corrected chi connectivity index (χ4v) is 2.19. The molecule has 1 aromatic carbocycles. The Morgan fingerprint density at radius 3 is 2.61 bits per heavy atom. The fraction of sp³-hybridized carbons (Fsp3) is 0.538. The van der Waals surface area contributed by atoms with Crippen LogP contribution < -0.4 is 10.5 Å². The summed E-state index contributed by atoms with van der Waals surface area (Å²) in [7, 11) is 0. The van der Waals surface area contributed by atoms with Gasteiger partial charge in [-0.3, -0.25) is 10.1 Å². The van der Waals surface area contributed by atoms with Gasteiger partial charge in [0.15, 0.2) is 0 Å². The van der Waals surface area contributed by atoms with Gasteiger partial charge in [-0.05, 0) is 19.1 Å². The summed E-state index contributed by atoms with van der Waals surface area (Å²) in [6.07, 6.45) is 0.900. The zero-order chi connectivity index (χ0) is 13.5. The van der Waals surface area contributed by atoms with E-state index in [1.165, 1.54) is 6.07 Å². The molecular formula is C13H18N2O3. The maximum atomic E-state index is 10.7. The Hall–Kier alpha value is -1.62. The molecule has 0 spiro atoms. The molecule has 1 fully saturated rings. The molecule has 0 bridgehead atoms. The first kappa shape index (κ1) is 12.8. The molecule has 1 saturated carbocycles. The predicted octanol–water partition coefficient (Wildman–Crippen LogP) is 2.41. The highest BCUT2D eigenvalue weighted by molar-refractivity contribution is 5.44. The van der Waals surface area contributed by atoms with Gasteiger partial charge in [-0.1, -0.05) is 13.8 Å². The van der Waals surface area contributed by atoms with E-state index in [0.29, 0.717) is 11.3 Å². The largest absolute Gasteiger partial charge is 0.490 e. The summed E-state index contributed by atoms with van der Waals surface area (Å²) in [4.78, 5) is 10.3. The van der Waals surface area contributed by atoms with Gasteiger partial charge in [0.2, 0.25) is 0 Å². The maximum Gasteiger partial charge on any atom is 0.272 e. The van der Waals surface area contributed by atoms with E-state index in [2.05, 4.69) is 13.8 Å². The van der Waals surface area contributed by atoms with Crippen molar-refractivity contribution < 1.29 is 9.66 Å². The van der Waals surface area contributed by atoms with E-state index in [9.17, 15) is 10.1 Å². The number of hydrogen-bond donors (Lipinski definition) is 1. The number of rotatable bonds is 3. The molecule has 0 amide bonds. The van der Waals surface area contributed by atoms with E-state index in [-0.39, 0.29) is 28.2 Å². The summed E-state index contributed by atoms with van der Waals surface area (Å²) < 4.78 is 5.85. The number of nitro benzene ring substituents is 1. The average Bonchev–Trinajstić information content (AvgIpc) is 2.28. The summed E-state index contributed by atoms with van der Waals surface area (Å²) in [5, 5.41) is 10.7. The second-order valence-corrected chi connectivity index (χ2v) is 5.48. The molecule has 98 valence electrons. The van der Waals surface area contributed by atoms with Crippen molar-refractivity contribution in [1.82, 2.24) is 0 Å². The Bertz CT molecular complexity index is 485. The summed E-state index contributed by atoms with van der Waals surface area (Å²) in [6, 6.07) is 4.99. The standard InChI is InChI=1S/C13H18N2O3/c1-8-6-9(4-5-10(8)15(16)17)18-12-7-11(14)13(12,2)3/h4-6,11-12H,7,14H2,1-3H3. The molecule has 2 atom stereocenters. The SMILES string of the molecule is Cc1cc(OC2CC(N)C2(C)C)ccc1[N+](=O)[O-]. The monoisotopic (exact) mass is 250 g/mol. The smallest absolute Gasteiger partial charge is 0.272 e. The zero-order valence-corrected chi connectivity index (χ0v) is 10.8. The molecule has 1 aliphatic carbocycles.